The number of nitrogens with two attached hydrogens (primary N) is 1. The summed E-state index contributed by atoms with van der Waals surface area (Å²) in [6.07, 6.45) is 0. The van der Waals surface area contributed by atoms with E-state index in [1.54, 1.807) is 13.2 Å². The van der Waals surface area contributed by atoms with Gasteiger partial charge in [0.15, 0.2) is 0 Å². The summed E-state index contributed by atoms with van der Waals surface area (Å²) >= 11 is 3.11. The van der Waals surface area contributed by atoms with Gasteiger partial charge in [0.2, 0.25) is 0 Å². The van der Waals surface area contributed by atoms with Crippen LogP contribution in [0.1, 0.15) is 0 Å². The van der Waals surface area contributed by atoms with Crippen LogP contribution in [0.3, 0.4) is 0 Å². The Morgan fingerprint density at radius 3 is 2.68 bits per heavy atom. The van der Waals surface area contributed by atoms with E-state index in [9.17, 15) is 4.39 Å². The van der Waals surface area contributed by atoms with Gasteiger partial charge in [-0.2, -0.15) is 0 Å². The number of ether oxygens (including phenoxy) is 1. The molecule has 0 aliphatic carbocycles. The van der Waals surface area contributed by atoms with Gasteiger partial charge in [0.1, 0.15) is 11.6 Å². The molecule has 0 aliphatic heterocycles. The quantitative estimate of drug-likeness (QED) is 0.869. The van der Waals surface area contributed by atoms with E-state index in [-0.39, 0.29) is 5.82 Å². The van der Waals surface area contributed by atoms with Gasteiger partial charge in [0.25, 0.3) is 0 Å². The van der Waals surface area contributed by atoms with E-state index in [1.807, 2.05) is 36.2 Å². The summed E-state index contributed by atoms with van der Waals surface area (Å²) in [6.45, 7) is 0. The van der Waals surface area contributed by atoms with Crippen molar-refractivity contribution >= 4 is 33.0 Å². The van der Waals surface area contributed by atoms with Crippen LogP contribution in [0.2, 0.25) is 0 Å². The summed E-state index contributed by atoms with van der Waals surface area (Å²) in [5, 5.41) is 0. The molecule has 0 amide bonds. The van der Waals surface area contributed by atoms with Gasteiger partial charge in [-0.05, 0) is 34.1 Å². The fraction of sp³-hybridized carbons (Fsp3) is 0.143. The molecule has 0 saturated heterocycles. The molecule has 100 valence electrons. The maximum Gasteiger partial charge on any atom is 0.139 e. The van der Waals surface area contributed by atoms with Crippen LogP contribution in [0.5, 0.6) is 5.75 Å². The zero-order valence-corrected chi connectivity index (χ0v) is 12.2. The zero-order valence-electron chi connectivity index (χ0n) is 10.7. The molecule has 0 atom stereocenters. The van der Waals surface area contributed by atoms with Crippen molar-refractivity contribution in [2.24, 2.45) is 0 Å². The molecule has 0 saturated carbocycles. The normalized spacial score (nSPS) is 10.3. The highest BCUT2D eigenvalue weighted by molar-refractivity contribution is 9.10. The molecule has 0 aliphatic rings. The number of halogens is 2. The Morgan fingerprint density at radius 1 is 1.26 bits per heavy atom. The average molecular weight is 325 g/mol. The van der Waals surface area contributed by atoms with Gasteiger partial charge in [-0.1, -0.05) is 6.07 Å². The maximum atomic E-state index is 13.6. The van der Waals surface area contributed by atoms with Crippen LogP contribution in [-0.2, 0) is 0 Å². The molecule has 0 unspecified atom stereocenters. The van der Waals surface area contributed by atoms with Gasteiger partial charge in [-0.15, -0.1) is 0 Å². The smallest absolute Gasteiger partial charge is 0.139 e. The molecule has 0 bridgehead atoms. The van der Waals surface area contributed by atoms with Crippen LogP contribution >= 0.6 is 15.9 Å². The topological polar surface area (TPSA) is 38.5 Å². The number of methoxy groups -OCH3 is 1. The van der Waals surface area contributed by atoms with E-state index in [0.29, 0.717) is 15.8 Å². The summed E-state index contributed by atoms with van der Waals surface area (Å²) in [5.41, 5.74) is 7.90. The number of benzene rings is 2. The lowest BCUT2D eigenvalue weighted by Crippen LogP contribution is -2.12. The van der Waals surface area contributed by atoms with Gasteiger partial charge in [0.05, 0.1) is 23.0 Å². The van der Waals surface area contributed by atoms with Gasteiger partial charge < -0.3 is 15.4 Å². The van der Waals surface area contributed by atoms with E-state index in [2.05, 4.69) is 15.9 Å². The number of anilines is 3. The molecule has 5 heteroatoms. The van der Waals surface area contributed by atoms with Crippen LogP contribution in [-0.4, -0.2) is 14.2 Å². The molecule has 2 aromatic rings. The molecule has 0 fully saturated rings. The first kappa shape index (κ1) is 13.7. The molecule has 19 heavy (non-hydrogen) atoms. The van der Waals surface area contributed by atoms with Crippen LogP contribution in [0.15, 0.2) is 40.9 Å². The van der Waals surface area contributed by atoms with Crippen molar-refractivity contribution in [3.63, 3.8) is 0 Å². The SMILES string of the molecule is COc1cccc(N(C)c2cc(F)c(Br)cc2N)c1. The van der Waals surface area contributed by atoms with Crippen molar-refractivity contribution < 1.29 is 9.13 Å². The van der Waals surface area contributed by atoms with E-state index < -0.39 is 0 Å². The van der Waals surface area contributed by atoms with Gasteiger partial charge >= 0.3 is 0 Å². The lowest BCUT2D eigenvalue weighted by atomic mass is 10.2. The Hall–Kier alpha value is -1.75. The van der Waals surface area contributed by atoms with Crippen molar-refractivity contribution in [3.05, 3.63) is 46.7 Å². The minimum Gasteiger partial charge on any atom is -0.497 e. The van der Waals surface area contributed by atoms with Crippen molar-refractivity contribution in [2.75, 3.05) is 24.8 Å². The lowest BCUT2D eigenvalue weighted by Gasteiger charge is -2.22. The fourth-order valence-electron chi connectivity index (χ4n) is 1.80. The van der Waals surface area contributed by atoms with Crippen molar-refractivity contribution in [1.82, 2.24) is 0 Å². The number of nitrogen functional groups attached to an aromatic ring is 1. The van der Waals surface area contributed by atoms with E-state index in [0.717, 1.165) is 11.4 Å². The second-order valence-corrected chi connectivity index (χ2v) is 4.94. The third-order valence-corrected chi connectivity index (χ3v) is 3.48. The molecule has 0 heterocycles. The third kappa shape index (κ3) is 2.81. The van der Waals surface area contributed by atoms with E-state index in [4.69, 9.17) is 10.5 Å². The van der Waals surface area contributed by atoms with Gasteiger partial charge in [-0.25, -0.2) is 4.39 Å². The van der Waals surface area contributed by atoms with Crippen LogP contribution in [0.25, 0.3) is 0 Å². The van der Waals surface area contributed by atoms with Gasteiger partial charge in [0, 0.05) is 24.9 Å². The number of hydrogen-bond donors (Lipinski definition) is 1. The average Bonchev–Trinajstić information content (AvgIpc) is 2.42. The molecular weight excluding hydrogens is 311 g/mol. The van der Waals surface area contributed by atoms with Crippen molar-refractivity contribution in [1.29, 1.82) is 0 Å². The zero-order chi connectivity index (χ0) is 14.0. The van der Waals surface area contributed by atoms with Crippen LogP contribution in [0.4, 0.5) is 21.5 Å². The minimum absolute atomic E-state index is 0.348. The Kier molecular flexibility index (Phi) is 3.95. The summed E-state index contributed by atoms with van der Waals surface area (Å²) in [6, 6.07) is 10.4. The first-order chi connectivity index (χ1) is 9.02. The monoisotopic (exact) mass is 324 g/mol. The Morgan fingerprint density at radius 2 is 2.00 bits per heavy atom. The third-order valence-electron chi connectivity index (χ3n) is 2.87. The Labute approximate surface area is 119 Å². The summed E-state index contributed by atoms with van der Waals surface area (Å²) in [5.74, 6) is 0.388. The van der Waals surface area contributed by atoms with Crippen LogP contribution in [0, 0.1) is 5.82 Å². The second-order valence-electron chi connectivity index (χ2n) is 4.09. The standard InChI is InChI=1S/C14H14BrFN2O/c1-18(9-4-3-5-10(6-9)19-2)14-8-12(16)11(15)7-13(14)17/h3-8H,17H2,1-2H3. The minimum atomic E-state index is -0.348. The number of nitrogens with zero attached hydrogens (tertiary/aromatic N) is 1. The maximum absolute atomic E-state index is 13.6. The Bertz CT molecular complexity index is 604. The molecular formula is C14H14BrFN2O. The summed E-state index contributed by atoms with van der Waals surface area (Å²) < 4.78 is 19.2. The molecule has 2 N–H and O–H groups in total. The largest absolute Gasteiger partial charge is 0.497 e. The highest BCUT2D eigenvalue weighted by Gasteiger charge is 2.12. The predicted molar refractivity (Wildman–Crippen MR) is 79.6 cm³/mol. The highest BCUT2D eigenvalue weighted by atomic mass is 79.9. The van der Waals surface area contributed by atoms with Crippen LogP contribution < -0.4 is 15.4 Å². The molecule has 2 aromatic carbocycles. The second kappa shape index (κ2) is 5.48. The number of hydrogen-bond acceptors (Lipinski definition) is 3. The predicted octanol–water partition coefficient (Wildman–Crippen LogP) is 3.95. The summed E-state index contributed by atoms with van der Waals surface area (Å²) in [7, 11) is 3.43. The molecule has 0 spiro atoms. The molecule has 3 nitrogen and oxygen atoms in total. The number of rotatable bonds is 3. The van der Waals surface area contributed by atoms with Gasteiger partial charge in [-0.3, -0.25) is 0 Å². The first-order valence-electron chi connectivity index (χ1n) is 5.65. The highest BCUT2D eigenvalue weighted by Crippen LogP contribution is 2.33. The molecule has 0 radical (unpaired) electrons. The van der Waals surface area contributed by atoms with E-state index >= 15 is 0 Å². The van der Waals surface area contributed by atoms with E-state index in [1.165, 1.54) is 6.07 Å². The van der Waals surface area contributed by atoms with Crippen molar-refractivity contribution in [3.8, 4) is 5.75 Å². The lowest BCUT2D eigenvalue weighted by molar-refractivity contribution is 0.415. The van der Waals surface area contributed by atoms with Crippen molar-refractivity contribution in [2.45, 2.75) is 0 Å². The fourth-order valence-corrected chi connectivity index (χ4v) is 2.16. The molecule has 0 aromatic heterocycles. The Balaban J connectivity index is 2.43. The summed E-state index contributed by atoms with van der Waals surface area (Å²) in [4.78, 5) is 1.81. The molecule has 2 rings (SSSR count). The first-order valence-corrected chi connectivity index (χ1v) is 6.44.